The summed E-state index contributed by atoms with van der Waals surface area (Å²) in [5, 5.41) is 14.5. The molecule has 2 aliphatic heterocycles. The molecule has 1 atom stereocenters. The molecule has 0 spiro atoms. The maximum Gasteiger partial charge on any atom is 0.321 e. The summed E-state index contributed by atoms with van der Waals surface area (Å²) in [6, 6.07) is -0.514. The predicted molar refractivity (Wildman–Crippen MR) is 106 cm³/mol. The van der Waals surface area contributed by atoms with Crippen LogP contribution in [-0.2, 0) is 19.9 Å². The van der Waals surface area contributed by atoms with Gasteiger partial charge in [0.25, 0.3) is 5.91 Å². The number of amides is 3. The SMILES string of the molecule is CC1(c2cnc(NC(=O)NCCC(=O)O)s2)CSC(C(=O)N2CCOCC2)=N1. The van der Waals surface area contributed by atoms with E-state index in [-0.39, 0.29) is 18.9 Å². The second-order valence-corrected chi connectivity index (χ2v) is 8.43. The maximum absolute atomic E-state index is 12.6. The number of hydrogen-bond donors (Lipinski definition) is 3. The number of carboxylic acid groups (broad SMARTS) is 1. The minimum absolute atomic E-state index is 0.0328. The van der Waals surface area contributed by atoms with Gasteiger partial charge in [-0.1, -0.05) is 23.1 Å². The number of morpholine rings is 1. The van der Waals surface area contributed by atoms with Crippen LogP contribution >= 0.6 is 23.1 Å². The zero-order valence-electron chi connectivity index (χ0n) is 15.3. The van der Waals surface area contributed by atoms with Crippen molar-refractivity contribution in [2.45, 2.75) is 18.9 Å². The van der Waals surface area contributed by atoms with E-state index in [1.807, 2.05) is 6.92 Å². The standard InChI is InChI=1S/C16H21N5O5S2/c1-16(9-27-12(20-16)13(24)21-4-6-26-7-5-21)10-8-18-15(28-10)19-14(25)17-3-2-11(22)23/h8H,2-7,9H2,1H3,(H,22,23)(H2,17,18,19,25). The van der Waals surface area contributed by atoms with E-state index in [9.17, 15) is 14.4 Å². The number of carbonyl (C=O) groups is 3. The third-order valence-corrected chi connectivity index (χ3v) is 6.61. The Hall–Kier alpha value is -2.18. The van der Waals surface area contributed by atoms with E-state index in [1.54, 1.807) is 11.1 Å². The van der Waals surface area contributed by atoms with Crippen molar-refractivity contribution in [2.24, 2.45) is 4.99 Å². The van der Waals surface area contributed by atoms with Crippen LogP contribution in [0.2, 0.25) is 0 Å². The first-order chi connectivity index (χ1) is 13.4. The van der Waals surface area contributed by atoms with Crippen LogP contribution in [0.15, 0.2) is 11.2 Å². The lowest BCUT2D eigenvalue weighted by Gasteiger charge is -2.26. The van der Waals surface area contributed by atoms with Crippen LogP contribution in [0.25, 0.3) is 0 Å². The van der Waals surface area contributed by atoms with Gasteiger partial charge in [0.1, 0.15) is 5.54 Å². The molecule has 0 radical (unpaired) electrons. The molecule has 3 amide bonds. The van der Waals surface area contributed by atoms with Crippen molar-refractivity contribution in [1.29, 1.82) is 0 Å². The molecule has 1 saturated heterocycles. The zero-order chi connectivity index (χ0) is 20.1. The smallest absolute Gasteiger partial charge is 0.321 e. The Morgan fingerprint density at radius 1 is 1.36 bits per heavy atom. The van der Waals surface area contributed by atoms with Gasteiger partial charge in [-0.15, -0.1) is 0 Å². The van der Waals surface area contributed by atoms with Crippen molar-refractivity contribution in [3.63, 3.8) is 0 Å². The number of nitrogens with zero attached hydrogens (tertiary/aromatic N) is 3. The van der Waals surface area contributed by atoms with Crippen molar-refractivity contribution in [3.8, 4) is 0 Å². The van der Waals surface area contributed by atoms with Gasteiger partial charge in [-0.3, -0.25) is 19.9 Å². The molecule has 0 aromatic carbocycles. The molecule has 3 rings (SSSR count). The quantitative estimate of drug-likeness (QED) is 0.616. The van der Waals surface area contributed by atoms with Crippen LogP contribution in [0.5, 0.6) is 0 Å². The van der Waals surface area contributed by atoms with Crippen LogP contribution in [0, 0.1) is 0 Å². The number of thioether (sulfide) groups is 1. The molecule has 0 aliphatic carbocycles. The summed E-state index contributed by atoms with van der Waals surface area (Å²) in [6.07, 6.45) is 1.49. The third kappa shape index (κ3) is 5.00. The van der Waals surface area contributed by atoms with Crippen molar-refractivity contribution in [3.05, 3.63) is 11.1 Å². The number of aliphatic imine (C=N–C) groups is 1. The Morgan fingerprint density at radius 3 is 2.82 bits per heavy atom. The first-order valence-electron chi connectivity index (χ1n) is 8.70. The molecule has 12 heteroatoms. The van der Waals surface area contributed by atoms with Crippen molar-refractivity contribution in [2.75, 3.05) is 43.9 Å². The predicted octanol–water partition coefficient (Wildman–Crippen LogP) is 0.959. The maximum atomic E-state index is 12.6. The van der Waals surface area contributed by atoms with Gasteiger partial charge in [0.2, 0.25) is 0 Å². The number of aliphatic carboxylic acids is 1. The van der Waals surface area contributed by atoms with Gasteiger partial charge in [0, 0.05) is 31.6 Å². The highest BCUT2D eigenvalue weighted by atomic mass is 32.2. The van der Waals surface area contributed by atoms with Gasteiger partial charge in [0.15, 0.2) is 10.2 Å². The van der Waals surface area contributed by atoms with Crippen molar-refractivity contribution in [1.82, 2.24) is 15.2 Å². The van der Waals surface area contributed by atoms with E-state index in [0.29, 0.717) is 42.2 Å². The molecule has 1 aromatic heterocycles. The van der Waals surface area contributed by atoms with Crippen LogP contribution in [-0.4, -0.2) is 76.5 Å². The average Bonchev–Trinajstić information content (AvgIpc) is 3.29. The van der Waals surface area contributed by atoms with E-state index in [1.165, 1.54) is 23.1 Å². The summed E-state index contributed by atoms with van der Waals surface area (Å²) in [7, 11) is 0. The fourth-order valence-electron chi connectivity index (χ4n) is 2.64. The summed E-state index contributed by atoms with van der Waals surface area (Å²) < 4.78 is 5.28. The highest BCUT2D eigenvalue weighted by molar-refractivity contribution is 8.16. The third-order valence-electron chi connectivity index (χ3n) is 4.20. The first kappa shape index (κ1) is 20.6. The number of ether oxygens (including phenoxy) is 1. The fraction of sp³-hybridized carbons (Fsp3) is 0.562. The van der Waals surface area contributed by atoms with Gasteiger partial charge in [-0.05, 0) is 6.92 Å². The monoisotopic (exact) mass is 427 g/mol. The number of aromatic nitrogens is 1. The topological polar surface area (TPSA) is 133 Å². The molecule has 2 aliphatic rings. The Labute approximate surface area is 169 Å². The molecule has 3 heterocycles. The van der Waals surface area contributed by atoms with Crippen LogP contribution < -0.4 is 10.6 Å². The second kappa shape index (κ2) is 8.88. The number of rotatable bonds is 6. The second-order valence-electron chi connectivity index (χ2n) is 6.44. The molecule has 1 aromatic rings. The van der Waals surface area contributed by atoms with E-state index >= 15 is 0 Å². The lowest BCUT2D eigenvalue weighted by Crippen LogP contribution is -2.43. The van der Waals surface area contributed by atoms with Gasteiger partial charge in [-0.2, -0.15) is 0 Å². The van der Waals surface area contributed by atoms with E-state index in [0.717, 1.165) is 4.88 Å². The summed E-state index contributed by atoms with van der Waals surface area (Å²) >= 11 is 2.71. The molecule has 152 valence electrons. The Balaban J connectivity index is 1.60. The van der Waals surface area contributed by atoms with Gasteiger partial charge in [-0.25, -0.2) is 9.78 Å². The fourth-order valence-corrected chi connectivity index (χ4v) is 4.79. The Bertz CT molecular complexity index is 792. The first-order valence-corrected chi connectivity index (χ1v) is 10.5. The number of carboxylic acids is 1. The lowest BCUT2D eigenvalue weighted by atomic mass is 10.1. The molecule has 1 unspecified atom stereocenters. The minimum Gasteiger partial charge on any atom is -0.481 e. The summed E-state index contributed by atoms with van der Waals surface area (Å²) in [4.78, 5) is 46.3. The minimum atomic E-state index is -0.983. The highest BCUT2D eigenvalue weighted by Crippen LogP contribution is 2.40. The summed E-state index contributed by atoms with van der Waals surface area (Å²) in [6.45, 7) is 4.19. The molecule has 1 fully saturated rings. The van der Waals surface area contributed by atoms with Gasteiger partial charge in [0.05, 0.1) is 24.5 Å². The van der Waals surface area contributed by atoms with E-state index in [2.05, 4.69) is 20.6 Å². The number of nitrogens with one attached hydrogen (secondary N) is 2. The van der Waals surface area contributed by atoms with Gasteiger partial charge >= 0.3 is 12.0 Å². The zero-order valence-corrected chi connectivity index (χ0v) is 16.9. The average molecular weight is 428 g/mol. The molecule has 0 saturated carbocycles. The van der Waals surface area contributed by atoms with Crippen LogP contribution in [0.3, 0.4) is 0 Å². The largest absolute Gasteiger partial charge is 0.481 e. The normalized spacial score (nSPS) is 21.9. The van der Waals surface area contributed by atoms with E-state index in [4.69, 9.17) is 9.84 Å². The van der Waals surface area contributed by atoms with Crippen LogP contribution in [0.4, 0.5) is 9.93 Å². The number of urea groups is 1. The number of thiazole rings is 1. The molecule has 0 bridgehead atoms. The number of hydrogen-bond acceptors (Lipinski definition) is 8. The Kier molecular flexibility index (Phi) is 6.52. The summed E-state index contributed by atoms with van der Waals surface area (Å²) in [5.41, 5.74) is -0.584. The van der Waals surface area contributed by atoms with Crippen LogP contribution in [0.1, 0.15) is 18.2 Å². The molecular formula is C16H21N5O5S2. The van der Waals surface area contributed by atoms with E-state index < -0.39 is 17.5 Å². The number of carbonyl (C=O) groups excluding carboxylic acids is 2. The summed E-state index contributed by atoms with van der Waals surface area (Å²) in [5.74, 6) is -0.438. The molecule has 3 N–H and O–H groups in total. The molecule has 10 nitrogen and oxygen atoms in total. The lowest BCUT2D eigenvalue weighted by molar-refractivity contribution is -0.136. The van der Waals surface area contributed by atoms with Crippen molar-refractivity contribution < 1.29 is 24.2 Å². The van der Waals surface area contributed by atoms with Gasteiger partial charge < -0.3 is 20.1 Å². The Morgan fingerprint density at radius 2 is 2.11 bits per heavy atom. The highest BCUT2D eigenvalue weighted by Gasteiger charge is 2.38. The molecular weight excluding hydrogens is 406 g/mol. The van der Waals surface area contributed by atoms with Crippen molar-refractivity contribution >= 4 is 51.2 Å². The molecule has 28 heavy (non-hydrogen) atoms. The number of anilines is 1.